The van der Waals surface area contributed by atoms with E-state index in [1.165, 1.54) is 5.56 Å². The van der Waals surface area contributed by atoms with Crippen LogP contribution in [0.25, 0.3) is 0 Å². The molecule has 1 aliphatic rings. The summed E-state index contributed by atoms with van der Waals surface area (Å²) in [6, 6.07) is 13.5. The van der Waals surface area contributed by atoms with Crippen LogP contribution in [-0.2, 0) is 17.6 Å². The summed E-state index contributed by atoms with van der Waals surface area (Å²) in [6.07, 6.45) is 4.12. The Morgan fingerprint density at radius 1 is 1.10 bits per heavy atom. The Morgan fingerprint density at radius 3 is 2.48 bits per heavy atom. The molecule has 2 aromatic rings. The Labute approximate surface area is 172 Å². The highest BCUT2D eigenvalue weighted by Crippen LogP contribution is 2.35. The quantitative estimate of drug-likeness (QED) is 0.773. The summed E-state index contributed by atoms with van der Waals surface area (Å²) in [4.78, 5) is 31.2. The normalized spacial score (nSPS) is 16.8. The van der Waals surface area contributed by atoms with Crippen molar-refractivity contribution in [3.05, 3.63) is 65.0 Å². The summed E-state index contributed by atoms with van der Waals surface area (Å²) in [5.41, 5.74) is 2.47. The van der Waals surface area contributed by atoms with Gasteiger partial charge < -0.3 is 10.0 Å². The molecular weight excluding hydrogens is 364 g/mol. The van der Waals surface area contributed by atoms with E-state index in [1.54, 1.807) is 12.1 Å². The molecule has 0 aliphatic carbocycles. The third kappa shape index (κ3) is 5.03. The SMILES string of the molecule is CC(C)(C)C(=O)N1CCC[C@H]1c1ccc(C(=O)O)c(CCCc2ccccc2)n1. The number of rotatable bonds is 6. The number of amides is 1. The number of hydrogen-bond acceptors (Lipinski definition) is 3. The van der Waals surface area contributed by atoms with Gasteiger partial charge in [-0.25, -0.2) is 4.79 Å². The van der Waals surface area contributed by atoms with Gasteiger partial charge >= 0.3 is 5.97 Å². The number of aromatic carboxylic acids is 1. The average Bonchev–Trinajstić information content (AvgIpc) is 3.17. The van der Waals surface area contributed by atoms with Crippen LogP contribution in [0.2, 0.25) is 0 Å². The summed E-state index contributed by atoms with van der Waals surface area (Å²) in [7, 11) is 0. The number of carbonyl (C=O) groups excluding carboxylic acids is 1. The highest BCUT2D eigenvalue weighted by atomic mass is 16.4. The highest BCUT2D eigenvalue weighted by molar-refractivity contribution is 5.89. The van der Waals surface area contributed by atoms with E-state index < -0.39 is 11.4 Å². The molecule has 0 spiro atoms. The van der Waals surface area contributed by atoms with E-state index in [4.69, 9.17) is 4.98 Å². The molecule has 5 nitrogen and oxygen atoms in total. The summed E-state index contributed by atoms with van der Waals surface area (Å²) in [6.45, 7) is 6.52. The number of benzene rings is 1. The Kier molecular flexibility index (Phi) is 6.36. The Balaban J connectivity index is 1.80. The molecule has 2 heterocycles. The van der Waals surface area contributed by atoms with Gasteiger partial charge in [-0.3, -0.25) is 9.78 Å². The fourth-order valence-corrected chi connectivity index (χ4v) is 3.94. The van der Waals surface area contributed by atoms with Crippen LogP contribution < -0.4 is 0 Å². The topological polar surface area (TPSA) is 70.5 Å². The monoisotopic (exact) mass is 394 g/mol. The number of hydrogen-bond donors (Lipinski definition) is 1. The van der Waals surface area contributed by atoms with Gasteiger partial charge in [0.05, 0.1) is 23.0 Å². The van der Waals surface area contributed by atoms with Crippen LogP contribution in [0.15, 0.2) is 42.5 Å². The first kappa shape index (κ1) is 21.0. The van der Waals surface area contributed by atoms with E-state index in [0.717, 1.165) is 37.9 Å². The maximum absolute atomic E-state index is 12.8. The minimum atomic E-state index is -0.951. The number of carbonyl (C=O) groups is 2. The van der Waals surface area contributed by atoms with Gasteiger partial charge in [0.25, 0.3) is 0 Å². The first-order chi connectivity index (χ1) is 13.8. The van der Waals surface area contributed by atoms with E-state index in [0.29, 0.717) is 12.1 Å². The average molecular weight is 395 g/mol. The van der Waals surface area contributed by atoms with Crippen LogP contribution in [-0.4, -0.2) is 33.4 Å². The maximum atomic E-state index is 12.8. The zero-order valence-electron chi connectivity index (χ0n) is 17.5. The van der Waals surface area contributed by atoms with E-state index >= 15 is 0 Å². The Bertz CT molecular complexity index is 871. The van der Waals surface area contributed by atoms with Crippen molar-refractivity contribution in [3.63, 3.8) is 0 Å². The van der Waals surface area contributed by atoms with Crippen molar-refractivity contribution in [2.45, 2.75) is 58.9 Å². The van der Waals surface area contributed by atoms with E-state index in [9.17, 15) is 14.7 Å². The summed E-state index contributed by atoms with van der Waals surface area (Å²) in [5, 5.41) is 9.58. The summed E-state index contributed by atoms with van der Waals surface area (Å²) in [5.74, 6) is -0.831. The lowest BCUT2D eigenvalue weighted by molar-refractivity contribution is -0.140. The molecule has 154 valence electrons. The van der Waals surface area contributed by atoms with Crippen LogP contribution in [0, 0.1) is 5.41 Å². The third-order valence-electron chi connectivity index (χ3n) is 5.44. The number of aryl methyl sites for hydroxylation is 2. The van der Waals surface area contributed by atoms with Gasteiger partial charge in [0.2, 0.25) is 5.91 Å². The van der Waals surface area contributed by atoms with E-state index in [-0.39, 0.29) is 17.5 Å². The Morgan fingerprint density at radius 2 is 1.83 bits per heavy atom. The minimum absolute atomic E-state index is 0.0718. The number of likely N-dealkylation sites (tertiary alicyclic amines) is 1. The molecule has 1 saturated heterocycles. The van der Waals surface area contributed by atoms with Crippen molar-refractivity contribution in [2.24, 2.45) is 5.41 Å². The predicted octanol–water partition coefficient (Wildman–Crippen LogP) is 4.66. The van der Waals surface area contributed by atoms with Crippen LogP contribution >= 0.6 is 0 Å². The van der Waals surface area contributed by atoms with Crippen molar-refractivity contribution in [1.82, 2.24) is 9.88 Å². The molecule has 0 saturated carbocycles. The van der Waals surface area contributed by atoms with Gasteiger partial charge in [-0.05, 0) is 49.8 Å². The molecule has 1 aromatic carbocycles. The zero-order valence-corrected chi connectivity index (χ0v) is 17.5. The molecule has 1 fully saturated rings. The second-order valence-corrected chi connectivity index (χ2v) is 8.78. The molecule has 1 N–H and O–H groups in total. The lowest BCUT2D eigenvalue weighted by Gasteiger charge is -2.31. The first-order valence-electron chi connectivity index (χ1n) is 10.4. The van der Waals surface area contributed by atoms with Crippen molar-refractivity contribution in [1.29, 1.82) is 0 Å². The molecule has 3 rings (SSSR count). The maximum Gasteiger partial charge on any atom is 0.337 e. The fraction of sp³-hybridized carbons (Fsp3) is 0.458. The Hall–Kier alpha value is -2.69. The molecular formula is C24H30N2O3. The lowest BCUT2D eigenvalue weighted by Crippen LogP contribution is -2.39. The number of nitrogens with zero attached hydrogens (tertiary/aromatic N) is 2. The van der Waals surface area contributed by atoms with Crippen LogP contribution in [0.3, 0.4) is 0 Å². The third-order valence-corrected chi connectivity index (χ3v) is 5.44. The largest absolute Gasteiger partial charge is 0.478 e. The lowest BCUT2D eigenvalue weighted by atomic mass is 9.94. The number of aromatic nitrogens is 1. The molecule has 1 aromatic heterocycles. The molecule has 0 bridgehead atoms. The molecule has 0 unspecified atom stereocenters. The van der Waals surface area contributed by atoms with Crippen LogP contribution in [0.1, 0.15) is 73.4 Å². The first-order valence-corrected chi connectivity index (χ1v) is 10.4. The number of carboxylic acid groups (broad SMARTS) is 1. The van der Waals surface area contributed by atoms with Crippen molar-refractivity contribution < 1.29 is 14.7 Å². The second kappa shape index (κ2) is 8.76. The van der Waals surface area contributed by atoms with Crippen molar-refractivity contribution in [3.8, 4) is 0 Å². The van der Waals surface area contributed by atoms with Crippen LogP contribution in [0.4, 0.5) is 0 Å². The van der Waals surface area contributed by atoms with Gasteiger partial charge in [0.1, 0.15) is 0 Å². The summed E-state index contributed by atoms with van der Waals surface area (Å²) < 4.78 is 0. The fourth-order valence-electron chi connectivity index (χ4n) is 3.94. The zero-order chi connectivity index (χ0) is 21.0. The number of carboxylic acids is 1. The van der Waals surface area contributed by atoms with Crippen molar-refractivity contribution >= 4 is 11.9 Å². The second-order valence-electron chi connectivity index (χ2n) is 8.78. The molecule has 1 aliphatic heterocycles. The summed E-state index contributed by atoms with van der Waals surface area (Å²) >= 11 is 0. The van der Waals surface area contributed by atoms with E-state index in [2.05, 4.69) is 12.1 Å². The molecule has 1 amide bonds. The predicted molar refractivity (Wildman–Crippen MR) is 113 cm³/mol. The number of pyridine rings is 1. The van der Waals surface area contributed by atoms with E-state index in [1.807, 2.05) is 43.9 Å². The minimum Gasteiger partial charge on any atom is -0.478 e. The molecule has 5 heteroatoms. The standard InChI is InChI=1S/C24H30N2O3/c1-24(2,3)23(29)26-16-8-13-21(26)20-15-14-18(22(27)28)19(25-20)12-7-11-17-9-5-4-6-10-17/h4-6,9-10,14-15,21H,7-8,11-13,16H2,1-3H3,(H,27,28)/t21-/m0/s1. The van der Waals surface area contributed by atoms with Gasteiger partial charge in [-0.15, -0.1) is 0 Å². The van der Waals surface area contributed by atoms with Crippen LogP contribution in [0.5, 0.6) is 0 Å². The molecule has 1 atom stereocenters. The van der Waals surface area contributed by atoms with Gasteiger partial charge in [-0.2, -0.15) is 0 Å². The van der Waals surface area contributed by atoms with Gasteiger partial charge in [0.15, 0.2) is 0 Å². The van der Waals surface area contributed by atoms with Crippen molar-refractivity contribution in [2.75, 3.05) is 6.54 Å². The van der Waals surface area contributed by atoms with Gasteiger partial charge in [-0.1, -0.05) is 51.1 Å². The molecule has 29 heavy (non-hydrogen) atoms. The van der Waals surface area contributed by atoms with Gasteiger partial charge in [0, 0.05) is 12.0 Å². The highest BCUT2D eigenvalue weighted by Gasteiger charge is 2.36. The smallest absolute Gasteiger partial charge is 0.337 e. The molecule has 0 radical (unpaired) electrons.